The summed E-state index contributed by atoms with van der Waals surface area (Å²) in [4.78, 5) is 17.2. The number of carbonyl (C=O) groups excluding carboxylic acids is 1. The minimum atomic E-state index is -0.310. The number of phenolic OH excluding ortho intramolecular Hbond substituents is 1. The topological polar surface area (TPSA) is 90.9 Å². The summed E-state index contributed by atoms with van der Waals surface area (Å²) in [6, 6.07) is 18.0. The molecular formula is C21H18N4O2. The molecule has 0 atom stereocenters. The van der Waals surface area contributed by atoms with Crippen molar-refractivity contribution in [3.8, 4) is 17.1 Å². The Balaban J connectivity index is 1.68. The Bertz CT molecular complexity index is 1130. The third kappa shape index (κ3) is 3.25. The van der Waals surface area contributed by atoms with Gasteiger partial charge in [-0.25, -0.2) is 4.98 Å². The highest BCUT2D eigenvalue weighted by Crippen LogP contribution is 2.28. The van der Waals surface area contributed by atoms with Crippen molar-refractivity contribution in [2.45, 2.75) is 13.3 Å². The Hall–Kier alpha value is -3.67. The number of para-hydroxylation sites is 1. The summed E-state index contributed by atoms with van der Waals surface area (Å²) in [5.74, 6) is 1.08. The van der Waals surface area contributed by atoms with E-state index < -0.39 is 0 Å². The number of phenols is 1. The number of nitrogens with zero attached hydrogens (tertiary/aromatic N) is 2. The minimum absolute atomic E-state index is 0.0769. The number of aromatic hydroxyl groups is 1. The van der Waals surface area contributed by atoms with Crippen LogP contribution in [0.3, 0.4) is 0 Å². The van der Waals surface area contributed by atoms with Gasteiger partial charge < -0.3 is 10.4 Å². The van der Waals surface area contributed by atoms with E-state index >= 15 is 0 Å². The maximum atomic E-state index is 12.8. The summed E-state index contributed by atoms with van der Waals surface area (Å²) in [7, 11) is 0. The van der Waals surface area contributed by atoms with Gasteiger partial charge in [-0.3, -0.25) is 9.89 Å². The molecular weight excluding hydrogens is 340 g/mol. The van der Waals surface area contributed by atoms with Crippen LogP contribution >= 0.6 is 0 Å². The van der Waals surface area contributed by atoms with Gasteiger partial charge in [0.15, 0.2) is 5.82 Å². The zero-order chi connectivity index (χ0) is 18.8. The van der Waals surface area contributed by atoms with E-state index in [0.29, 0.717) is 22.5 Å². The molecule has 0 bridgehead atoms. The molecule has 1 amide bonds. The maximum Gasteiger partial charge on any atom is 0.255 e. The minimum Gasteiger partial charge on any atom is -0.507 e. The quantitative estimate of drug-likeness (QED) is 0.511. The Labute approximate surface area is 155 Å². The predicted molar refractivity (Wildman–Crippen MR) is 105 cm³/mol. The molecule has 0 radical (unpaired) electrons. The number of benzene rings is 3. The number of aromatic amines is 1. The first kappa shape index (κ1) is 16.8. The van der Waals surface area contributed by atoms with Crippen LogP contribution in [0, 0.1) is 0 Å². The molecule has 0 spiro atoms. The molecule has 0 aliphatic heterocycles. The average Bonchev–Trinajstić information content (AvgIpc) is 3.17. The van der Waals surface area contributed by atoms with Gasteiger partial charge >= 0.3 is 0 Å². The largest absolute Gasteiger partial charge is 0.507 e. The van der Waals surface area contributed by atoms with Gasteiger partial charge in [0.05, 0.1) is 5.69 Å². The van der Waals surface area contributed by atoms with Crippen LogP contribution in [0.15, 0.2) is 60.7 Å². The van der Waals surface area contributed by atoms with Gasteiger partial charge in [0.2, 0.25) is 0 Å². The molecule has 27 heavy (non-hydrogen) atoms. The lowest BCUT2D eigenvalue weighted by atomic mass is 10.0. The number of hydrogen-bond acceptors (Lipinski definition) is 4. The normalized spacial score (nSPS) is 10.9. The summed E-state index contributed by atoms with van der Waals surface area (Å²) in [5, 5.41) is 21.8. The molecule has 0 saturated carbocycles. The zero-order valence-corrected chi connectivity index (χ0v) is 14.7. The third-order valence-electron chi connectivity index (χ3n) is 4.38. The number of fused-ring (bicyclic) bond motifs is 1. The molecule has 0 aliphatic carbocycles. The lowest BCUT2D eigenvalue weighted by Gasteiger charge is -2.10. The molecule has 4 aromatic rings. The highest BCUT2D eigenvalue weighted by atomic mass is 16.3. The van der Waals surface area contributed by atoms with E-state index in [1.807, 2.05) is 49.4 Å². The fraction of sp³-hybridized carbons (Fsp3) is 0.0952. The van der Waals surface area contributed by atoms with Crippen molar-refractivity contribution in [2.24, 2.45) is 0 Å². The van der Waals surface area contributed by atoms with Crippen LogP contribution in [0.25, 0.3) is 22.2 Å². The SMILES string of the molecule is CCc1nc(-c2ccccc2NC(=O)c2cc(O)c3ccccc3c2)n[nH]1. The lowest BCUT2D eigenvalue weighted by molar-refractivity contribution is 0.102. The summed E-state index contributed by atoms with van der Waals surface area (Å²) in [6.45, 7) is 1.99. The van der Waals surface area contributed by atoms with Crippen molar-refractivity contribution < 1.29 is 9.90 Å². The second kappa shape index (κ2) is 6.92. The van der Waals surface area contributed by atoms with E-state index in [2.05, 4.69) is 20.5 Å². The Morgan fingerprint density at radius 1 is 1.11 bits per heavy atom. The first-order valence-corrected chi connectivity index (χ1v) is 8.69. The third-order valence-corrected chi connectivity index (χ3v) is 4.38. The Morgan fingerprint density at radius 2 is 1.89 bits per heavy atom. The standard InChI is InChI=1S/C21H18N4O2/c1-2-19-23-20(25-24-19)16-9-5-6-10-17(16)22-21(27)14-11-13-7-3-4-8-15(13)18(26)12-14/h3-12,26H,2H2,1H3,(H,22,27)(H,23,24,25). The molecule has 1 heterocycles. The van der Waals surface area contributed by atoms with Crippen LogP contribution in [-0.2, 0) is 6.42 Å². The molecule has 1 aromatic heterocycles. The predicted octanol–water partition coefficient (Wildman–Crippen LogP) is 4.15. The Kier molecular flexibility index (Phi) is 4.30. The Morgan fingerprint density at radius 3 is 2.70 bits per heavy atom. The maximum absolute atomic E-state index is 12.8. The molecule has 0 aliphatic rings. The van der Waals surface area contributed by atoms with Gasteiger partial charge in [0.25, 0.3) is 5.91 Å². The van der Waals surface area contributed by atoms with E-state index in [1.165, 1.54) is 6.07 Å². The van der Waals surface area contributed by atoms with Crippen molar-refractivity contribution in [1.29, 1.82) is 0 Å². The number of hydrogen-bond donors (Lipinski definition) is 3. The summed E-state index contributed by atoms with van der Waals surface area (Å²) < 4.78 is 0. The average molecular weight is 358 g/mol. The van der Waals surface area contributed by atoms with Crippen molar-refractivity contribution in [2.75, 3.05) is 5.32 Å². The fourth-order valence-electron chi connectivity index (χ4n) is 2.98. The highest BCUT2D eigenvalue weighted by Gasteiger charge is 2.14. The smallest absolute Gasteiger partial charge is 0.255 e. The summed E-state index contributed by atoms with van der Waals surface area (Å²) in [5.41, 5.74) is 1.72. The number of carbonyl (C=O) groups is 1. The monoisotopic (exact) mass is 358 g/mol. The number of aryl methyl sites for hydroxylation is 1. The molecule has 134 valence electrons. The number of aromatic nitrogens is 3. The van der Waals surface area contributed by atoms with Gasteiger partial charge in [-0.15, -0.1) is 0 Å². The van der Waals surface area contributed by atoms with Crippen molar-refractivity contribution >= 4 is 22.4 Å². The van der Waals surface area contributed by atoms with Crippen LogP contribution in [0.1, 0.15) is 23.1 Å². The fourth-order valence-corrected chi connectivity index (χ4v) is 2.98. The van der Waals surface area contributed by atoms with E-state index in [0.717, 1.165) is 23.2 Å². The van der Waals surface area contributed by atoms with Crippen molar-refractivity contribution in [3.63, 3.8) is 0 Å². The molecule has 6 nitrogen and oxygen atoms in total. The van der Waals surface area contributed by atoms with Crippen LogP contribution in [-0.4, -0.2) is 26.2 Å². The first-order chi connectivity index (χ1) is 13.2. The van der Waals surface area contributed by atoms with Crippen LogP contribution in [0.5, 0.6) is 5.75 Å². The van der Waals surface area contributed by atoms with E-state index in [-0.39, 0.29) is 11.7 Å². The second-order valence-electron chi connectivity index (χ2n) is 6.18. The molecule has 3 aromatic carbocycles. The first-order valence-electron chi connectivity index (χ1n) is 8.69. The molecule has 4 rings (SSSR count). The molecule has 0 saturated heterocycles. The second-order valence-corrected chi connectivity index (χ2v) is 6.18. The molecule has 6 heteroatoms. The lowest BCUT2D eigenvalue weighted by Crippen LogP contribution is -2.12. The zero-order valence-electron chi connectivity index (χ0n) is 14.7. The van der Waals surface area contributed by atoms with Gasteiger partial charge in [-0.2, -0.15) is 5.10 Å². The van der Waals surface area contributed by atoms with E-state index in [4.69, 9.17) is 0 Å². The van der Waals surface area contributed by atoms with Gasteiger partial charge in [-0.05, 0) is 29.7 Å². The van der Waals surface area contributed by atoms with E-state index in [1.54, 1.807) is 12.1 Å². The molecule has 0 fully saturated rings. The number of amides is 1. The van der Waals surface area contributed by atoms with Gasteiger partial charge in [-0.1, -0.05) is 43.3 Å². The van der Waals surface area contributed by atoms with Gasteiger partial charge in [0, 0.05) is 22.9 Å². The summed E-state index contributed by atoms with van der Waals surface area (Å²) in [6.07, 6.45) is 0.748. The van der Waals surface area contributed by atoms with Crippen molar-refractivity contribution in [1.82, 2.24) is 15.2 Å². The van der Waals surface area contributed by atoms with Crippen LogP contribution in [0.2, 0.25) is 0 Å². The van der Waals surface area contributed by atoms with E-state index in [9.17, 15) is 9.90 Å². The number of H-pyrrole nitrogens is 1. The number of rotatable bonds is 4. The van der Waals surface area contributed by atoms with Crippen LogP contribution in [0.4, 0.5) is 5.69 Å². The number of nitrogens with one attached hydrogen (secondary N) is 2. The highest BCUT2D eigenvalue weighted by molar-refractivity contribution is 6.08. The van der Waals surface area contributed by atoms with Gasteiger partial charge in [0.1, 0.15) is 11.6 Å². The summed E-state index contributed by atoms with van der Waals surface area (Å²) >= 11 is 0. The molecule has 3 N–H and O–H groups in total. The molecule has 0 unspecified atom stereocenters. The number of anilines is 1. The van der Waals surface area contributed by atoms with Crippen LogP contribution < -0.4 is 5.32 Å². The van der Waals surface area contributed by atoms with Crippen molar-refractivity contribution in [3.05, 3.63) is 72.1 Å².